The molecule has 0 saturated heterocycles. The number of alkyl halides is 2. The highest BCUT2D eigenvalue weighted by Crippen LogP contribution is 2.28. The quantitative estimate of drug-likeness (QED) is 0.122. The number of nitro groups is 1. The lowest BCUT2D eigenvalue weighted by atomic mass is 10.1. The van der Waals surface area contributed by atoms with E-state index in [9.17, 15) is 36.9 Å². The Balaban J connectivity index is 2.30. The highest BCUT2D eigenvalue weighted by atomic mass is 127. The van der Waals surface area contributed by atoms with Crippen molar-refractivity contribution >= 4 is 50.3 Å². The Kier molecular flexibility index (Phi) is 7.68. The molecule has 0 heterocycles. The fourth-order valence-electron chi connectivity index (χ4n) is 2.16. The van der Waals surface area contributed by atoms with E-state index in [1.54, 1.807) is 6.07 Å². The second-order valence-electron chi connectivity index (χ2n) is 5.86. The summed E-state index contributed by atoms with van der Waals surface area (Å²) in [6, 6.07) is 6.75. The molecule has 2 rings (SSSR count). The minimum absolute atomic E-state index is 0.0394. The molecule has 0 spiro atoms. The van der Waals surface area contributed by atoms with Crippen molar-refractivity contribution in [2.45, 2.75) is 5.25 Å². The lowest BCUT2D eigenvalue weighted by Gasteiger charge is -2.13. The van der Waals surface area contributed by atoms with Gasteiger partial charge in [-0.15, -0.1) is 0 Å². The average molecular weight is 587 g/mol. The summed E-state index contributed by atoms with van der Waals surface area (Å²) in [5.41, 5.74) is -1.75. The molecule has 11 nitrogen and oxygen atoms in total. The molecule has 0 aliphatic heterocycles. The number of carbonyl (C=O) groups is 2. The Labute approximate surface area is 192 Å². The number of methoxy groups -OCH3 is 1. The molecule has 0 atom stereocenters. The molecule has 0 aromatic heterocycles. The summed E-state index contributed by atoms with van der Waals surface area (Å²) < 4.78 is 71.1. The Morgan fingerprint density at radius 1 is 1.19 bits per heavy atom. The topological polar surface area (TPSA) is 159 Å². The second kappa shape index (κ2) is 9.70. The first-order chi connectivity index (χ1) is 14.8. The van der Waals surface area contributed by atoms with E-state index in [4.69, 9.17) is 14.0 Å². The van der Waals surface area contributed by atoms with Gasteiger partial charge in [-0.3, -0.25) is 14.7 Å². The molecule has 0 radical (unpaired) electrons. The smallest absolute Gasteiger partial charge is 0.402 e. The molecule has 0 amide bonds. The van der Waals surface area contributed by atoms with Gasteiger partial charge in [-0.05, 0) is 46.9 Å². The molecular formula is C17H12F2INO10S. The van der Waals surface area contributed by atoms with E-state index in [2.05, 4.69) is 4.74 Å². The molecule has 15 heteroatoms. The van der Waals surface area contributed by atoms with Crippen LogP contribution in [0.1, 0.15) is 20.7 Å². The predicted molar refractivity (Wildman–Crippen MR) is 111 cm³/mol. The maximum atomic E-state index is 13.3. The summed E-state index contributed by atoms with van der Waals surface area (Å²) in [5.74, 6) is -2.64. The number of rotatable bonds is 8. The van der Waals surface area contributed by atoms with Crippen molar-refractivity contribution in [3.8, 4) is 11.5 Å². The molecule has 172 valence electrons. The molecule has 0 unspecified atom stereocenters. The predicted octanol–water partition coefficient (Wildman–Crippen LogP) is 3.06. The number of carbonyl (C=O) groups excluding carboxylic acids is 2. The minimum atomic E-state index is -5.89. The van der Waals surface area contributed by atoms with Crippen LogP contribution in [0, 0.1) is 13.7 Å². The van der Waals surface area contributed by atoms with Crippen molar-refractivity contribution in [2.24, 2.45) is 0 Å². The number of ether oxygens (including phenoxy) is 3. The lowest BCUT2D eigenvalue weighted by molar-refractivity contribution is -0.385. The zero-order valence-corrected chi connectivity index (χ0v) is 18.8. The number of nitro benzene ring substituents is 1. The van der Waals surface area contributed by atoms with Crippen molar-refractivity contribution in [1.29, 1.82) is 0 Å². The summed E-state index contributed by atoms with van der Waals surface area (Å²) in [6.07, 6.45) is 0. The molecule has 0 saturated carbocycles. The summed E-state index contributed by atoms with van der Waals surface area (Å²) >= 11 is 1.96. The first-order valence-corrected chi connectivity index (χ1v) is 10.6. The van der Waals surface area contributed by atoms with Crippen molar-refractivity contribution in [3.63, 3.8) is 0 Å². The first kappa shape index (κ1) is 25.3. The molecule has 0 fully saturated rings. The summed E-state index contributed by atoms with van der Waals surface area (Å²) in [6.45, 7) is -2.10. The van der Waals surface area contributed by atoms with Gasteiger partial charge in [-0.2, -0.15) is 17.2 Å². The van der Waals surface area contributed by atoms with Gasteiger partial charge in [0, 0.05) is 12.1 Å². The standard InChI is InChI=1S/C17H12F2INO10S/c1-29-14-6-9(2-4-12(14)20)15(22)31-10-3-5-13(21(24)25)11(7-10)16(23)30-8-17(18,19)32(26,27)28/h2-7H,8H2,1H3,(H,26,27,28). The largest absolute Gasteiger partial charge is 0.496 e. The van der Waals surface area contributed by atoms with E-state index in [1.165, 1.54) is 19.2 Å². The summed E-state index contributed by atoms with van der Waals surface area (Å²) in [5, 5.41) is 6.29. The molecule has 2 aromatic carbocycles. The first-order valence-electron chi connectivity index (χ1n) is 8.13. The van der Waals surface area contributed by atoms with E-state index in [-0.39, 0.29) is 11.3 Å². The Morgan fingerprint density at radius 2 is 1.84 bits per heavy atom. The molecule has 32 heavy (non-hydrogen) atoms. The van der Waals surface area contributed by atoms with Gasteiger partial charge in [0.2, 0.25) is 0 Å². The van der Waals surface area contributed by atoms with Crippen LogP contribution in [0.15, 0.2) is 36.4 Å². The van der Waals surface area contributed by atoms with Gasteiger partial charge < -0.3 is 14.2 Å². The van der Waals surface area contributed by atoms with Gasteiger partial charge in [-0.25, -0.2) is 9.59 Å². The van der Waals surface area contributed by atoms with Crippen molar-refractivity contribution in [2.75, 3.05) is 13.7 Å². The lowest BCUT2D eigenvalue weighted by Crippen LogP contribution is -2.34. The Hall–Kier alpha value is -2.92. The van der Waals surface area contributed by atoms with Gasteiger partial charge in [0.05, 0.1) is 21.2 Å². The van der Waals surface area contributed by atoms with Gasteiger partial charge in [-0.1, -0.05) is 0 Å². The van der Waals surface area contributed by atoms with Crippen LogP contribution >= 0.6 is 22.6 Å². The van der Waals surface area contributed by atoms with Crippen LogP contribution in [-0.2, 0) is 14.9 Å². The number of nitrogens with zero attached hydrogens (tertiary/aromatic N) is 1. The highest BCUT2D eigenvalue weighted by molar-refractivity contribution is 14.1. The van der Waals surface area contributed by atoms with Crippen LogP contribution in [0.25, 0.3) is 0 Å². The number of halogens is 3. The molecule has 0 bridgehead atoms. The maximum Gasteiger partial charge on any atom is 0.402 e. The van der Waals surface area contributed by atoms with E-state index < -0.39 is 50.1 Å². The highest BCUT2D eigenvalue weighted by Gasteiger charge is 2.46. The molecule has 0 aliphatic rings. The average Bonchev–Trinajstić information content (AvgIpc) is 2.71. The fourth-order valence-corrected chi connectivity index (χ4v) is 2.92. The third-order valence-electron chi connectivity index (χ3n) is 3.73. The number of esters is 2. The van der Waals surface area contributed by atoms with Crippen molar-refractivity contribution < 1.29 is 50.5 Å². The number of benzene rings is 2. The Morgan fingerprint density at radius 3 is 2.41 bits per heavy atom. The third-order valence-corrected chi connectivity index (χ3v) is 5.49. The number of hydrogen-bond donors (Lipinski definition) is 1. The van der Waals surface area contributed by atoms with Gasteiger partial charge >= 0.3 is 27.3 Å². The molecule has 1 N–H and O–H groups in total. The second-order valence-corrected chi connectivity index (χ2v) is 8.57. The fraction of sp³-hybridized carbons (Fsp3) is 0.176. The monoisotopic (exact) mass is 587 g/mol. The normalized spacial score (nSPS) is 11.5. The zero-order valence-electron chi connectivity index (χ0n) is 15.8. The van der Waals surface area contributed by atoms with Crippen LogP contribution in [0.3, 0.4) is 0 Å². The van der Waals surface area contributed by atoms with Gasteiger partial charge in [0.15, 0.2) is 6.61 Å². The van der Waals surface area contributed by atoms with Crippen LogP contribution in [0.2, 0.25) is 0 Å². The summed E-state index contributed by atoms with van der Waals surface area (Å²) in [7, 11) is -4.51. The molecule has 2 aromatic rings. The zero-order chi connectivity index (χ0) is 24.3. The SMILES string of the molecule is COc1cc(C(=O)Oc2ccc([N+](=O)[O-])c(C(=O)OCC(F)(F)S(=O)(=O)O)c2)ccc1I. The van der Waals surface area contributed by atoms with Gasteiger partial charge in [0.25, 0.3) is 5.69 Å². The van der Waals surface area contributed by atoms with E-state index >= 15 is 0 Å². The molecular weight excluding hydrogens is 575 g/mol. The minimum Gasteiger partial charge on any atom is -0.496 e. The van der Waals surface area contributed by atoms with E-state index in [0.29, 0.717) is 15.4 Å². The van der Waals surface area contributed by atoms with Gasteiger partial charge in [0.1, 0.15) is 17.1 Å². The van der Waals surface area contributed by atoms with Crippen LogP contribution in [0.5, 0.6) is 11.5 Å². The third kappa shape index (κ3) is 5.86. The van der Waals surface area contributed by atoms with Crippen molar-refractivity contribution in [1.82, 2.24) is 0 Å². The van der Waals surface area contributed by atoms with Crippen molar-refractivity contribution in [3.05, 3.63) is 61.2 Å². The summed E-state index contributed by atoms with van der Waals surface area (Å²) in [4.78, 5) is 34.5. The maximum absolute atomic E-state index is 13.3. The van der Waals surface area contributed by atoms with E-state index in [1.807, 2.05) is 22.6 Å². The van der Waals surface area contributed by atoms with Crippen LogP contribution in [-0.4, -0.2) is 48.8 Å². The number of hydrogen-bond acceptors (Lipinski definition) is 9. The van der Waals surface area contributed by atoms with Crippen LogP contribution < -0.4 is 9.47 Å². The Bertz CT molecular complexity index is 1190. The van der Waals surface area contributed by atoms with E-state index in [0.717, 1.165) is 12.1 Å². The molecule has 0 aliphatic carbocycles. The van der Waals surface area contributed by atoms with Crippen LogP contribution in [0.4, 0.5) is 14.5 Å².